The van der Waals surface area contributed by atoms with Crippen LogP contribution in [0, 0.1) is 0 Å². The van der Waals surface area contributed by atoms with Gasteiger partial charge in [-0.1, -0.05) is 42.5 Å². The molecule has 6 nitrogen and oxygen atoms in total. The molecule has 0 atom stereocenters. The van der Waals surface area contributed by atoms with E-state index in [0.29, 0.717) is 19.1 Å². The first-order valence-corrected chi connectivity index (χ1v) is 9.76. The van der Waals surface area contributed by atoms with E-state index in [1.807, 2.05) is 24.3 Å². The summed E-state index contributed by atoms with van der Waals surface area (Å²) in [4.78, 5) is 9.36. The summed E-state index contributed by atoms with van der Waals surface area (Å²) in [5, 5.41) is 3.17. The molecule has 0 amide bonds. The van der Waals surface area contributed by atoms with Gasteiger partial charge in [0.1, 0.15) is 0 Å². The molecule has 0 bridgehead atoms. The van der Waals surface area contributed by atoms with E-state index in [0.717, 1.165) is 49.5 Å². The van der Waals surface area contributed by atoms with E-state index in [4.69, 9.17) is 10.5 Å². The van der Waals surface area contributed by atoms with Gasteiger partial charge in [0.05, 0.1) is 13.2 Å². The van der Waals surface area contributed by atoms with Crippen LogP contribution in [0.4, 0.5) is 5.69 Å². The second kappa shape index (κ2) is 12.1. The summed E-state index contributed by atoms with van der Waals surface area (Å²) in [5.74, 6) is 0.407. The van der Waals surface area contributed by atoms with Crippen molar-refractivity contribution in [3.63, 3.8) is 0 Å². The minimum Gasteiger partial charge on any atom is -0.380 e. The molecule has 0 spiro atoms. The number of guanidine groups is 1. The standard InChI is InChI=1S/C22H31N5O.HI/c1-26-11-13-27(14-12-26)16-19-9-7-18(8-10-19)15-24-22(23)25-21-6-4-3-5-20(21)17-28-2;/h3-10H,11-17H2,1-2H3,(H3,23,24,25);1H. The number of nitrogens with two attached hydrogens (primary N) is 1. The van der Waals surface area contributed by atoms with Gasteiger partial charge in [0, 0.05) is 51.1 Å². The highest BCUT2D eigenvalue weighted by Crippen LogP contribution is 2.16. The average Bonchev–Trinajstić information content (AvgIpc) is 2.71. The number of aliphatic imine (C=N–C) groups is 1. The molecule has 7 heteroatoms. The van der Waals surface area contributed by atoms with Gasteiger partial charge in [-0.05, 0) is 24.2 Å². The summed E-state index contributed by atoms with van der Waals surface area (Å²) in [6.45, 7) is 6.66. The first-order chi connectivity index (χ1) is 13.6. The van der Waals surface area contributed by atoms with Gasteiger partial charge in [0.2, 0.25) is 0 Å². The molecule has 0 aromatic heterocycles. The molecule has 3 rings (SSSR count). The van der Waals surface area contributed by atoms with E-state index in [-0.39, 0.29) is 24.0 Å². The van der Waals surface area contributed by atoms with Crippen molar-refractivity contribution in [1.29, 1.82) is 0 Å². The number of nitrogens with zero attached hydrogens (tertiary/aromatic N) is 3. The highest BCUT2D eigenvalue weighted by atomic mass is 127. The summed E-state index contributed by atoms with van der Waals surface area (Å²) in [6.07, 6.45) is 0. The van der Waals surface area contributed by atoms with Crippen molar-refractivity contribution >= 4 is 35.6 Å². The number of hydrogen-bond acceptors (Lipinski definition) is 4. The highest BCUT2D eigenvalue weighted by Gasteiger charge is 2.13. The summed E-state index contributed by atoms with van der Waals surface area (Å²) in [7, 11) is 3.87. The Labute approximate surface area is 191 Å². The van der Waals surface area contributed by atoms with Gasteiger partial charge in [-0.25, -0.2) is 4.99 Å². The zero-order chi connectivity index (χ0) is 19.8. The number of benzene rings is 2. The molecule has 158 valence electrons. The zero-order valence-electron chi connectivity index (χ0n) is 17.3. The van der Waals surface area contributed by atoms with Crippen LogP contribution in [0.2, 0.25) is 0 Å². The number of rotatable bonds is 7. The lowest BCUT2D eigenvalue weighted by molar-refractivity contribution is 0.148. The van der Waals surface area contributed by atoms with Crippen molar-refractivity contribution in [3.05, 3.63) is 65.2 Å². The van der Waals surface area contributed by atoms with E-state index in [1.54, 1.807) is 7.11 Å². The maximum atomic E-state index is 6.07. The van der Waals surface area contributed by atoms with Crippen molar-refractivity contribution < 1.29 is 4.74 Å². The summed E-state index contributed by atoms with van der Waals surface area (Å²) in [6, 6.07) is 16.6. The van der Waals surface area contributed by atoms with Crippen LogP contribution in [-0.4, -0.2) is 56.1 Å². The molecule has 0 saturated carbocycles. The Morgan fingerprint density at radius 2 is 1.69 bits per heavy atom. The number of piperazine rings is 1. The largest absolute Gasteiger partial charge is 0.380 e. The number of methoxy groups -OCH3 is 1. The van der Waals surface area contributed by atoms with Gasteiger partial charge in [0.25, 0.3) is 0 Å². The Morgan fingerprint density at radius 3 is 2.38 bits per heavy atom. The van der Waals surface area contributed by atoms with E-state index >= 15 is 0 Å². The van der Waals surface area contributed by atoms with Crippen molar-refractivity contribution in [2.75, 3.05) is 45.7 Å². The molecule has 29 heavy (non-hydrogen) atoms. The molecule has 1 aliphatic heterocycles. The Balaban J connectivity index is 0.00000300. The van der Waals surface area contributed by atoms with E-state index in [2.05, 4.69) is 51.4 Å². The Morgan fingerprint density at radius 1 is 1.03 bits per heavy atom. The average molecular weight is 509 g/mol. The van der Waals surface area contributed by atoms with E-state index in [9.17, 15) is 0 Å². The second-order valence-electron chi connectivity index (χ2n) is 7.31. The Bertz CT molecular complexity index is 773. The van der Waals surface area contributed by atoms with Gasteiger partial charge in [0.15, 0.2) is 5.96 Å². The first-order valence-electron chi connectivity index (χ1n) is 9.76. The van der Waals surface area contributed by atoms with Crippen LogP contribution in [0.15, 0.2) is 53.5 Å². The molecule has 1 aliphatic rings. The normalized spacial score (nSPS) is 15.7. The molecular formula is C22H32IN5O. The van der Waals surface area contributed by atoms with Crippen LogP contribution >= 0.6 is 24.0 Å². The van der Waals surface area contributed by atoms with Gasteiger partial charge in [-0.2, -0.15) is 0 Å². The number of halogens is 1. The fourth-order valence-electron chi connectivity index (χ4n) is 3.29. The maximum Gasteiger partial charge on any atom is 0.193 e. The lowest BCUT2D eigenvalue weighted by atomic mass is 10.1. The summed E-state index contributed by atoms with van der Waals surface area (Å²) in [5.41, 5.74) is 10.5. The van der Waals surface area contributed by atoms with E-state index in [1.165, 1.54) is 5.56 Å². The molecular weight excluding hydrogens is 477 g/mol. The van der Waals surface area contributed by atoms with Crippen molar-refractivity contribution in [1.82, 2.24) is 9.80 Å². The van der Waals surface area contributed by atoms with Crippen molar-refractivity contribution in [2.45, 2.75) is 19.7 Å². The van der Waals surface area contributed by atoms with Crippen LogP contribution in [0.25, 0.3) is 0 Å². The minimum atomic E-state index is 0. The fourth-order valence-corrected chi connectivity index (χ4v) is 3.29. The molecule has 0 unspecified atom stereocenters. The molecule has 1 heterocycles. The van der Waals surface area contributed by atoms with E-state index < -0.39 is 0 Å². The number of hydrogen-bond donors (Lipinski definition) is 2. The third-order valence-corrected chi connectivity index (χ3v) is 5.04. The van der Waals surface area contributed by atoms with Gasteiger partial charge >= 0.3 is 0 Å². The van der Waals surface area contributed by atoms with Gasteiger partial charge in [-0.3, -0.25) is 4.90 Å². The summed E-state index contributed by atoms with van der Waals surface area (Å²) < 4.78 is 5.22. The van der Waals surface area contributed by atoms with Crippen LogP contribution < -0.4 is 11.1 Å². The first kappa shape index (κ1) is 23.6. The number of para-hydroxylation sites is 1. The maximum absolute atomic E-state index is 6.07. The lowest BCUT2D eigenvalue weighted by Crippen LogP contribution is -2.43. The minimum absolute atomic E-state index is 0. The lowest BCUT2D eigenvalue weighted by Gasteiger charge is -2.32. The predicted molar refractivity (Wildman–Crippen MR) is 131 cm³/mol. The predicted octanol–water partition coefficient (Wildman–Crippen LogP) is 3.13. The molecule has 1 fully saturated rings. The molecule has 0 aliphatic carbocycles. The van der Waals surface area contributed by atoms with Crippen molar-refractivity contribution in [2.24, 2.45) is 10.7 Å². The van der Waals surface area contributed by atoms with Crippen LogP contribution in [0.3, 0.4) is 0 Å². The number of nitrogens with one attached hydrogen (secondary N) is 1. The molecule has 3 N–H and O–H groups in total. The quantitative estimate of drug-likeness (QED) is 0.341. The summed E-state index contributed by atoms with van der Waals surface area (Å²) >= 11 is 0. The highest BCUT2D eigenvalue weighted by molar-refractivity contribution is 14.0. The molecule has 2 aromatic rings. The Hall–Kier alpha value is -1.68. The second-order valence-corrected chi connectivity index (χ2v) is 7.31. The fraction of sp³-hybridized carbons (Fsp3) is 0.409. The van der Waals surface area contributed by atoms with Crippen molar-refractivity contribution in [3.8, 4) is 0 Å². The zero-order valence-corrected chi connectivity index (χ0v) is 19.6. The molecule has 1 saturated heterocycles. The third kappa shape index (κ3) is 7.58. The topological polar surface area (TPSA) is 66.1 Å². The van der Waals surface area contributed by atoms with Gasteiger partial charge in [-0.15, -0.1) is 24.0 Å². The van der Waals surface area contributed by atoms with Crippen LogP contribution in [-0.2, 0) is 24.4 Å². The smallest absolute Gasteiger partial charge is 0.193 e. The van der Waals surface area contributed by atoms with Crippen LogP contribution in [0.5, 0.6) is 0 Å². The monoisotopic (exact) mass is 509 g/mol. The number of ether oxygens (including phenoxy) is 1. The molecule has 0 radical (unpaired) electrons. The SMILES string of the molecule is COCc1ccccc1NC(N)=NCc1ccc(CN2CCN(C)CC2)cc1.I. The van der Waals surface area contributed by atoms with Crippen LogP contribution in [0.1, 0.15) is 16.7 Å². The number of anilines is 1. The third-order valence-electron chi connectivity index (χ3n) is 5.04. The molecule has 2 aromatic carbocycles. The Kier molecular flexibility index (Phi) is 9.86. The number of likely N-dealkylation sites (N-methyl/N-ethyl adjacent to an activating group) is 1. The van der Waals surface area contributed by atoms with Gasteiger partial charge < -0.3 is 20.7 Å².